The highest BCUT2D eigenvalue weighted by atomic mass is 32.2. The normalized spacial score (nSPS) is 11.0. The molecule has 7 heteroatoms. The summed E-state index contributed by atoms with van der Waals surface area (Å²) in [5.41, 5.74) is -0.0765. The molecule has 0 heterocycles. The lowest BCUT2D eigenvalue weighted by Gasteiger charge is -2.05. The topological polar surface area (TPSA) is 101 Å². The molecule has 1 aromatic rings. The number of carboxylic acid groups (broad SMARTS) is 1. The van der Waals surface area contributed by atoms with Gasteiger partial charge in [0.2, 0.25) is 5.91 Å². The third kappa shape index (κ3) is 4.36. The van der Waals surface area contributed by atoms with Gasteiger partial charge in [0.25, 0.3) is 0 Å². The molecule has 19 heavy (non-hydrogen) atoms. The van der Waals surface area contributed by atoms with Crippen LogP contribution in [-0.4, -0.2) is 38.2 Å². The van der Waals surface area contributed by atoms with Gasteiger partial charge in [-0.2, -0.15) is 0 Å². The van der Waals surface area contributed by atoms with Crippen molar-refractivity contribution in [1.29, 1.82) is 0 Å². The molecule has 1 aromatic carbocycles. The number of hydrogen-bond donors (Lipinski definition) is 2. The van der Waals surface area contributed by atoms with Crippen LogP contribution in [0.15, 0.2) is 29.2 Å². The number of aromatic carboxylic acids is 1. The highest BCUT2D eigenvalue weighted by Gasteiger charge is 2.16. The molecule has 0 saturated heterocycles. The number of carbonyl (C=O) groups excluding carboxylic acids is 1. The second kappa shape index (κ2) is 6.33. The Morgan fingerprint density at radius 1 is 1.32 bits per heavy atom. The molecule has 0 atom stereocenters. The predicted molar refractivity (Wildman–Crippen MR) is 68.8 cm³/mol. The highest BCUT2D eigenvalue weighted by molar-refractivity contribution is 7.91. The zero-order valence-electron chi connectivity index (χ0n) is 10.4. The Bertz CT molecular complexity index is 580. The van der Waals surface area contributed by atoms with E-state index in [-0.39, 0.29) is 35.0 Å². The minimum absolute atomic E-state index is 0.0377. The van der Waals surface area contributed by atoms with Gasteiger partial charge in [-0.25, -0.2) is 13.2 Å². The fraction of sp³-hybridized carbons (Fsp3) is 0.333. The van der Waals surface area contributed by atoms with Crippen molar-refractivity contribution < 1.29 is 23.1 Å². The molecule has 0 aliphatic rings. The van der Waals surface area contributed by atoms with Gasteiger partial charge < -0.3 is 10.4 Å². The summed E-state index contributed by atoms with van der Waals surface area (Å²) in [7, 11) is -2.08. The summed E-state index contributed by atoms with van der Waals surface area (Å²) in [4.78, 5) is 21.7. The fourth-order valence-electron chi connectivity index (χ4n) is 1.49. The lowest BCUT2D eigenvalue weighted by atomic mass is 10.2. The standard InChI is InChI=1S/C12H15NO5S/c1-13-11(14)6-3-7-19(17,18)10-5-2-4-9(8-10)12(15)16/h2,4-5,8H,3,6-7H2,1H3,(H,13,14)(H,15,16). The van der Waals surface area contributed by atoms with E-state index in [1.165, 1.54) is 25.2 Å². The summed E-state index contributed by atoms with van der Waals surface area (Å²) < 4.78 is 23.9. The summed E-state index contributed by atoms with van der Waals surface area (Å²) in [6.07, 6.45) is 0.313. The van der Waals surface area contributed by atoms with Gasteiger partial charge in [-0.3, -0.25) is 4.79 Å². The SMILES string of the molecule is CNC(=O)CCCS(=O)(=O)c1cccc(C(=O)O)c1. The molecule has 0 bridgehead atoms. The van der Waals surface area contributed by atoms with Gasteiger partial charge in [0.05, 0.1) is 16.2 Å². The van der Waals surface area contributed by atoms with E-state index in [2.05, 4.69) is 5.32 Å². The summed E-state index contributed by atoms with van der Waals surface area (Å²) in [6, 6.07) is 5.18. The minimum atomic E-state index is -3.56. The third-order valence-corrected chi connectivity index (χ3v) is 4.33. The Balaban J connectivity index is 2.80. The molecule has 0 aliphatic carbocycles. The van der Waals surface area contributed by atoms with E-state index < -0.39 is 15.8 Å². The minimum Gasteiger partial charge on any atom is -0.478 e. The van der Waals surface area contributed by atoms with Gasteiger partial charge in [0.15, 0.2) is 9.84 Å². The average Bonchev–Trinajstić information content (AvgIpc) is 2.38. The van der Waals surface area contributed by atoms with Crippen LogP contribution in [0.2, 0.25) is 0 Å². The van der Waals surface area contributed by atoms with Crippen molar-refractivity contribution in [2.75, 3.05) is 12.8 Å². The molecule has 6 nitrogen and oxygen atoms in total. The van der Waals surface area contributed by atoms with Crippen molar-refractivity contribution in [2.45, 2.75) is 17.7 Å². The van der Waals surface area contributed by atoms with E-state index in [0.717, 1.165) is 6.07 Å². The third-order valence-electron chi connectivity index (χ3n) is 2.54. The second-order valence-electron chi connectivity index (χ2n) is 3.93. The number of sulfone groups is 1. The van der Waals surface area contributed by atoms with Crippen LogP contribution in [0.4, 0.5) is 0 Å². The number of carbonyl (C=O) groups is 2. The van der Waals surface area contributed by atoms with Crippen LogP contribution in [0.5, 0.6) is 0 Å². The highest BCUT2D eigenvalue weighted by Crippen LogP contribution is 2.14. The van der Waals surface area contributed by atoms with Crippen LogP contribution in [0, 0.1) is 0 Å². The maximum Gasteiger partial charge on any atom is 0.335 e. The Morgan fingerprint density at radius 3 is 2.58 bits per heavy atom. The van der Waals surface area contributed by atoms with Crippen LogP contribution in [-0.2, 0) is 14.6 Å². The average molecular weight is 285 g/mol. The first kappa shape index (κ1) is 15.2. The van der Waals surface area contributed by atoms with Gasteiger partial charge >= 0.3 is 5.97 Å². The Labute approximate surface area is 111 Å². The lowest BCUT2D eigenvalue weighted by Crippen LogP contribution is -2.18. The summed E-state index contributed by atoms with van der Waals surface area (Å²) in [5, 5.41) is 11.2. The molecule has 0 radical (unpaired) electrons. The lowest BCUT2D eigenvalue weighted by molar-refractivity contribution is -0.120. The van der Waals surface area contributed by atoms with Crippen molar-refractivity contribution in [3.63, 3.8) is 0 Å². The largest absolute Gasteiger partial charge is 0.478 e. The number of carboxylic acids is 1. The molecule has 0 aromatic heterocycles. The quantitative estimate of drug-likeness (QED) is 0.800. The number of rotatable bonds is 6. The van der Waals surface area contributed by atoms with Crippen molar-refractivity contribution in [1.82, 2.24) is 5.32 Å². The van der Waals surface area contributed by atoms with Crippen LogP contribution >= 0.6 is 0 Å². The van der Waals surface area contributed by atoms with E-state index in [1.807, 2.05) is 0 Å². The van der Waals surface area contributed by atoms with Crippen molar-refractivity contribution in [3.8, 4) is 0 Å². The summed E-state index contributed by atoms with van der Waals surface area (Å²) in [6.45, 7) is 0. The second-order valence-corrected chi connectivity index (χ2v) is 6.04. The maximum atomic E-state index is 12.0. The van der Waals surface area contributed by atoms with Gasteiger partial charge in [-0.1, -0.05) is 6.07 Å². The van der Waals surface area contributed by atoms with Crippen molar-refractivity contribution in [2.24, 2.45) is 0 Å². The van der Waals surface area contributed by atoms with E-state index in [4.69, 9.17) is 5.11 Å². The smallest absolute Gasteiger partial charge is 0.335 e. The number of nitrogens with one attached hydrogen (secondary N) is 1. The van der Waals surface area contributed by atoms with Gasteiger partial charge in [0.1, 0.15) is 0 Å². The molecule has 0 saturated carbocycles. The van der Waals surface area contributed by atoms with Gasteiger partial charge in [0, 0.05) is 13.5 Å². The number of benzene rings is 1. The Morgan fingerprint density at radius 2 is 2.00 bits per heavy atom. The maximum absolute atomic E-state index is 12.0. The first-order valence-electron chi connectivity index (χ1n) is 5.63. The Hall–Kier alpha value is -1.89. The number of amides is 1. The van der Waals surface area contributed by atoms with Crippen LogP contribution in [0.3, 0.4) is 0 Å². The monoisotopic (exact) mass is 285 g/mol. The number of hydrogen-bond acceptors (Lipinski definition) is 4. The van der Waals surface area contributed by atoms with E-state index >= 15 is 0 Å². The zero-order valence-corrected chi connectivity index (χ0v) is 11.2. The first-order valence-corrected chi connectivity index (χ1v) is 7.29. The molecule has 0 unspecified atom stereocenters. The summed E-state index contributed by atoms with van der Waals surface area (Å²) >= 11 is 0. The van der Waals surface area contributed by atoms with E-state index in [9.17, 15) is 18.0 Å². The van der Waals surface area contributed by atoms with Crippen LogP contribution in [0.1, 0.15) is 23.2 Å². The van der Waals surface area contributed by atoms with E-state index in [0.29, 0.717) is 0 Å². The van der Waals surface area contributed by atoms with Crippen LogP contribution < -0.4 is 5.32 Å². The Kier molecular flexibility index (Phi) is 5.05. The summed E-state index contributed by atoms with van der Waals surface area (Å²) in [5.74, 6) is -1.60. The molecular weight excluding hydrogens is 270 g/mol. The molecule has 104 valence electrons. The fourth-order valence-corrected chi connectivity index (χ4v) is 2.84. The molecule has 1 amide bonds. The van der Waals surface area contributed by atoms with Crippen molar-refractivity contribution in [3.05, 3.63) is 29.8 Å². The molecule has 1 rings (SSSR count). The van der Waals surface area contributed by atoms with Gasteiger partial charge in [-0.05, 0) is 24.6 Å². The molecule has 2 N–H and O–H groups in total. The van der Waals surface area contributed by atoms with Crippen LogP contribution in [0.25, 0.3) is 0 Å². The zero-order chi connectivity index (χ0) is 14.5. The molecule has 0 aliphatic heterocycles. The molecular formula is C12H15NO5S. The molecule has 0 fully saturated rings. The van der Waals surface area contributed by atoms with E-state index in [1.54, 1.807) is 0 Å². The first-order chi connectivity index (χ1) is 8.86. The van der Waals surface area contributed by atoms with Crippen molar-refractivity contribution >= 4 is 21.7 Å². The predicted octanol–water partition coefficient (Wildman–Crippen LogP) is 0.685. The van der Waals surface area contributed by atoms with Gasteiger partial charge in [-0.15, -0.1) is 0 Å². The molecule has 0 spiro atoms.